The molecular formula is C15H20O6. The number of aliphatic hydroxyl groups excluding tert-OH is 2. The third kappa shape index (κ3) is 2.49. The second kappa shape index (κ2) is 5.47. The van der Waals surface area contributed by atoms with Crippen molar-refractivity contribution in [2.24, 2.45) is 0 Å². The third-order valence-corrected chi connectivity index (χ3v) is 4.03. The summed E-state index contributed by atoms with van der Waals surface area (Å²) in [5.74, 6) is -3.20. The molecule has 1 aromatic carbocycles. The topological polar surface area (TPSA) is 107 Å². The molecule has 116 valence electrons. The van der Waals surface area contributed by atoms with Gasteiger partial charge in [-0.25, -0.2) is 0 Å². The minimum absolute atomic E-state index is 0.196. The summed E-state index contributed by atoms with van der Waals surface area (Å²) in [4.78, 5) is 11.8. The molecule has 1 aromatic rings. The highest BCUT2D eigenvalue weighted by Gasteiger charge is 2.65. The number of Topliss-reactive ketones (excluding diaryl/α,β-unsaturated/α-hetero) is 1. The van der Waals surface area contributed by atoms with Crippen LogP contribution in [-0.4, -0.2) is 55.9 Å². The maximum Gasteiger partial charge on any atom is 0.209 e. The van der Waals surface area contributed by atoms with E-state index in [2.05, 4.69) is 0 Å². The Morgan fingerprint density at radius 2 is 1.81 bits per heavy atom. The summed E-state index contributed by atoms with van der Waals surface area (Å²) in [6.07, 6.45) is -4.45. The molecule has 21 heavy (non-hydrogen) atoms. The molecule has 1 fully saturated rings. The normalized spacial score (nSPS) is 40.0. The molecule has 0 radical (unpaired) electrons. The zero-order valence-electron chi connectivity index (χ0n) is 11.9. The fourth-order valence-electron chi connectivity index (χ4n) is 2.73. The van der Waals surface area contributed by atoms with Crippen LogP contribution in [0.1, 0.15) is 19.4 Å². The van der Waals surface area contributed by atoms with Crippen molar-refractivity contribution >= 4 is 5.78 Å². The Morgan fingerprint density at radius 1 is 1.24 bits per heavy atom. The first kappa shape index (κ1) is 16.1. The summed E-state index contributed by atoms with van der Waals surface area (Å²) < 4.78 is 5.31. The summed E-state index contributed by atoms with van der Waals surface area (Å²) in [6.45, 7) is 2.48. The van der Waals surface area contributed by atoms with Gasteiger partial charge < -0.3 is 25.2 Å². The number of hydrogen-bond acceptors (Lipinski definition) is 6. The molecule has 4 N–H and O–H groups in total. The number of carbonyl (C=O) groups excluding carboxylic acids is 1. The molecule has 0 bridgehead atoms. The van der Waals surface area contributed by atoms with Gasteiger partial charge in [0, 0.05) is 6.42 Å². The first-order valence-electron chi connectivity index (χ1n) is 6.76. The van der Waals surface area contributed by atoms with E-state index in [-0.39, 0.29) is 6.42 Å². The molecule has 0 amide bonds. The lowest BCUT2D eigenvalue weighted by Gasteiger charge is -2.51. The smallest absolute Gasteiger partial charge is 0.209 e. The molecule has 2 rings (SSSR count). The van der Waals surface area contributed by atoms with Crippen molar-refractivity contribution < 1.29 is 30.0 Å². The number of ketones is 1. The molecule has 1 saturated heterocycles. The second-order valence-corrected chi connectivity index (χ2v) is 5.53. The Hall–Kier alpha value is -1.31. The fourth-order valence-corrected chi connectivity index (χ4v) is 2.73. The van der Waals surface area contributed by atoms with Crippen molar-refractivity contribution in [2.45, 2.75) is 50.0 Å². The Labute approximate surface area is 122 Å². The Balaban J connectivity index is 2.44. The van der Waals surface area contributed by atoms with E-state index in [1.165, 1.54) is 6.92 Å². The van der Waals surface area contributed by atoms with Gasteiger partial charge in [0.15, 0.2) is 5.78 Å². The lowest BCUT2D eigenvalue weighted by atomic mass is 9.75. The summed E-state index contributed by atoms with van der Waals surface area (Å²) in [7, 11) is 0. The van der Waals surface area contributed by atoms with Crippen LogP contribution >= 0.6 is 0 Å². The van der Waals surface area contributed by atoms with Gasteiger partial charge in [-0.1, -0.05) is 30.3 Å². The minimum Gasteiger partial charge on any atom is -0.388 e. The van der Waals surface area contributed by atoms with Crippen LogP contribution in [-0.2, 0) is 16.0 Å². The highest BCUT2D eigenvalue weighted by atomic mass is 16.7. The van der Waals surface area contributed by atoms with Crippen LogP contribution in [0.5, 0.6) is 0 Å². The molecule has 0 aliphatic carbocycles. The van der Waals surface area contributed by atoms with E-state index in [0.717, 1.165) is 6.92 Å². The molecule has 0 spiro atoms. The van der Waals surface area contributed by atoms with Gasteiger partial charge in [0.05, 0.1) is 6.10 Å². The van der Waals surface area contributed by atoms with Crippen LogP contribution in [0.2, 0.25) is 0 Å². The van der Waals surface area contributed by atoms with E-state index in [1.54, 1.807) is 30.3 Å². The first-order chi connectivity index (χ1) is 9.72. The maximum atomic E-state index is 11.8. The molecule has 6 heteroatoms. The van der Waals surface area contributed by atoms with E-state index < -0.39 is 35.5 Å². The van der Waals surface area contributed by atoms with Crippen LogP contribution in [0.4, 0.5) is 0 Å². The monoisotopic (exact) mass is 296 g/mol. The lowest BCUT2D eigenvalue weighted by Crippen LogP contribution is -2.75. The van der Waals surface area contributed by atoms with Crippen molar-refractivity contribution in [3.63, 3.8) is 0 Å². The van der Waals surface area contributed by atoms with Gasteiger partial charge in [-0.15, -0.1) is 0 Å². The Morgan fingerprint density at radius 3 is 2.33 bits per heavy atom. The maximum absolute atomic E-state index is 11.8. The molecule has 0 aromatic heterocycles. The van der Waals surface area contributed by atoms with E-state index in [1.807, 2.05) is 0 Å². The first-order valence-corrected chi connectivity index (χ1v) is 6.76. The molecule has 1 heterocycles. The Kier molecular flexibility index (Phi) is 4.19. The predicted octanol–water partition coefficient (Wildman–Crippen LogP) is -0.622. The number of ether oxygens (including phenoxy) is 1. The van der Waals surface area contributed by atoms with E-state index >= 15 is 0 Å². The zero-order chi connectivity index (χ0) is 15.8. The van der Waals surface area contributed by atoms with E-state index in [9.17, 15) is 25.2 Å². The number of rotatable bonds is 3. The SMILES string of the molecule is CC(=O)[C@]1(O)[C@H](O)[C@H](O)[C@H](C)O[C@]1(O)Cc1ccccc1. The summed E-state index contributed by atoms with van der Waals surface area (Å²) >= 11 is 0. The highest BCUT2D eigenvalue weighted by Crippen LogP contribution is 2.39. The van der Waals surface area contributed by atoms with Gasteiger partial charge in [-0.3, -0.25) is 4.79 Å². The molecule has 0 saturated carbocycles. The van der Waals surface area contributed by atoms with Crippen molar-refractivity contribution in [1.29, 1.82) is 0 Å². The quantitative estimate of drug-likeness (QED) is 0.592. The van der Waals surface area contributed by atoms with E-state index in [0.29, 0.717) is 5.56 Å². The van der Waals surface area contributed by atoms with Gasteiger partial charge in [0.2, 0.25) is 11.4 Å². The molecule has 1 aliphatic rings. The van der Waals surface area contributed by atoms with Crippen LogP contribution < -0.4 is 0 Å². The zero-order valence-corrected chi connectivity index (χ0v) is 11.9. The minimum atomic E-state index is -2.60. The molecule has 1 aliphatic heterocycles. The molecule has 5 atom stereocenters. The lowest BCUT2D eigenvalue weighted by molar-refractivity contribution is -0.369. The summed E-state index contributed by atoms with van der Waals surface area (Å²) in [6, 6.07) is 8.66. The third-order valence-electron chi connectivity index (χ3n) is 4.03. The number of aliphatic hydroxyl groups is 4. The van der Waals surface area contributed by atoms with Crippen LogP contribution in [0.25, 0.3) is 0 Å². The number of benzene rings is 1. The second-order valence-electron chi connectivity index (χ2n) is 5.53. The van der Waals surface area contributed by atoms with E-state index in [4.69, 9.17) is 4.74 Å². The van der Waals surface area contributed by atoms with Crippen LogP contribution in [0.3, 0.4) is 0 Å². The van der Waals surface area contributed by atoms with Gasteiger partial charge in [0.25, 0.3) is 0 Å². The number of hydrogen-bond donors (Lipinski definition) is 4. The molecule has 0 unspecified atom stereocenters. The average molecular weight is 296 g/mol. The highest BCUT2D eigenvalue weighted by molar-refractivity contribution is 5.87. The largest absolute Gasteiger partial charge is 0.388 e. The summed E-state index contributed by atoms with van der Waals surface area (Å²) in [5.41, 5.74) is -1.98. The average Bonchev–Trinajstić information content (AvgIpc) is 2.43. The summed E-state index contributed by atoms with van der Waals surface area (Å²) in [5, 5.41) is 41.2. The van der Waals surface area contributed by atoms with Crippen LogP contribution in [0, 0.1) is 0 Å². The van der Waals surface area contributed by atoms with Crippen molar-refractivity contribution in [3.05, 3.63) is 35.9 Å². The van der Waals surface area contributed by atoms with Gasteiger partial charge >= 0.3 is 0 Å². The molecule has 6 nitrogen and oxygen atoms in total. The number of carbonyl (C=O) groups is 1. The fraction of sp³-hybridized carbons (Fsp3) is 0.533. The Bertz CT molecular complexity index is 518. The molecular weight excluding hydrogens is 276 g/mol. The van der Waals surface area contributed by atoms with Crippen molar-refractivity contribution in [3.8, 4) is 0 Å². The van der Waals surface area contributed by atoms with Gasteiger partial charge in [-0.05, 0) is 19.4 Å². The standard InChI is InChI=1S/C15H20O6/c1-9-12(17)13(18)15(20,10(2)16)14(19,21-9)8-11-6-4-3-5-7-11/h3-7,9,12-13,17-20H,8H2,1-2H3/t9-,12+,13+,14+,15-/m0/s1. The van der Waals surface area contributed by atoms with Crippen LogP contribution in [0.15, 0.2) is 30.3 Å². The van der Waals surface area contributed by atoms with Crippen molar-refractivity contribution in [1.82, 2.24) is 0 Å². The predicted molar refractivity (Wildman–Crippen MR) is 73.3 cm³/mol. The van der Waals surface area contributed by atoms with Gasteiger partial charge in [0.1, 0.15) is 12.2 Å². The van der Waals surface area contributed by atoms with Gasteiger partial charge in [-0.2, -0.15) is 0 Å². The van der Waals surface area contributed by atoms with Crippen molar-refractivity contribution in [2.75, 3.05) is 0 Å².